The minimum absolute atomic E-state index is 0.188. The lowest BCUT2D eigenvalue weighted by Gasteiger charge is -1.88. The molecule has 1 heterocycles. The Morgan fingerprint density at radius 1 is 1.38 bits per heavy atom. The van der Waals surface area contributed by atoms with E-state index >= 15 is 0 Å². The molecule has 0 saturated heterocycles. The van der Waals surface area contributed by atoms with Crippen LogP contribution < -0.4 is 5.73 Å². The summed E-state index contributed by atoms with van der Waals surface area (Å²) in [4.78, 5) is 0. The summed E-state index contributed by atoms with van der Waals surface area (Å²) < 4.78 is 36.2. The second kappa shape index (κ2) is 4.91. The van der Waals surface area contributed by atoms with Gasteiger partial charge in [-0.15, -0.1) is 0 Å². The molecule has 0 amide bonds. The van der Waals surface area contributed by atoms with Gasteiger partial charge in [0.15, 0.2) is 0 Å². The third-order valence-corrected chi connectivity index (χ3v) is 0.997. The predicted octanol–water partition coefficient (Wildman–Crippen LogP) is 2.62. The van der Waals surface area contributed by atoms with E-state index in [-0.39, 0.29) is 6.92 Å². The van der Waals surface area contributed by atoms with Crippen LogP contribution in [0.4, 0.5) is 13.2 Å². The molecule has 0 aliphatic carbocycles. The van der Waals surface area contributed by atoms with Gasteiger partial charge in [-0.1, -0.05) is 0 Å². The van der Waals surface area contributed by atoms with Gasteiger partial charge in [-0.3, -0.25) is 0 Å². The van der Waals surface area contributed by atoms with Crippen molar-refractivity contribution in [2.24, 2.45) is 5.73 Å². The van der Waals surface area contributed by atoms with Gasteiger partial charge in [-0.25, -0.2) is 0 Å². The summed E-state index contributed by atoms with van der Waals surface area (Å²) in [5.74, 6) is 1.77. The fourth-order valence-electron chi connectivity index (χ4n) is 0.595. The number of hydrogen-bond acceptors (Lipinski definition) is 2. The first-order valence-electron chi connectivity index (χ1n) is 3.65. The van der Waals surface area contributed by atoms with Crippen LogP contribution in [-0.2, 0) is 6.54 Å². The van der Waals surface area contributed by atoms with E-state index in [1.165, 1.54) is 0 Å². The molecule has 13 heavy (non-hydrogen) atoms. The van der Waals surface area contributed by atoms with Crippen molar-refractivity contribution in [1.82, 2.24) is 0 Å². The molecule has 2 nitrogen and oxygen atoms in total. The van der Waals surface area contributed by atoms with E-state index in [9.17, 15) is 13.2 Å². The third kappa shape index (κ3) is 8.94. The standard InChI is InChI=1S/C6H9NO.C2H3F3/c1-5-2-3-6(4-7)8-5;1-2(3,4)5/h2-3H,4,7H2,1H3;1H3. The van der Waals surface area contributed by atoms with Gasteiger partial charge < -0.3 is 10.2 Å². The Kier molecular flexibility index (Phi) is 4.55. The van der Waals surface area contributed by atoms with Crippen LogP contribution in [0, 0.1) is 6.92 Å². The van der Waals surface area contributed by atoms with Gasteiger partial charge in [0, 0.05) is 6.92 Å². The summed E-state index contributed by atoms with van der Waals surface area (Å²) in [7, 11) is 0. The second-order valence-electron chi connectivity index (χ2n) is 2.50. The Hall–Kier alpha value is -0.970. The van der Waals surface area contributed by atoms with Crippen molar-refractivity contribution in [3.63, 3.8) is 0 Å². The molecule has 1 rings (SSSR count). The van der Waals surface area contributed by atoms with Crippen molar-refractivity contribution in [3.8, 4) is 0 Å². The van der Waals surface area contributed by atoms with Gasteiger partial charge in [0.25, 0.3) is 0 Å². The maximum Gasteiger partial charge on any atom is 0.386 e. The number of nitrogens with two attached hydrogens (primary N) is 1. The lowest BCUT2D eigenvalue weighted by atomic mass is 10.4. The highest BCUT2D eigenvalue weighted by Crippen LogP contribution is 2.10. The second-order valence-corrected chi connectivity index (χ2v) is 2.50. The molecule has 0 unspecified atom stereocenters. The molecule has 0 saturated carbocycles. The van der Waals surface area contributed by atoms with Crippen LogP contribution in [0.15, 0.2) is 16.5 Å². The molecule has 0 atom stereocenters. The van der Waals surface area contributed by atoms with Crippen molar-refractivity contribution in [2.45, 2.75) is 26.6 Å². The van der Waals surface area contributed by atoms with Gasteiger partial charge in [-0.2, -0.15) is 13.2 Å². The molecular weight excluding hydrogens is 183 g/mol. The molecule has 2 N–H and O–H groups in total. The normalized spacial score (nSPS) is 10.6. The van der Waals surface area contributed by atoms with E-state index in [1.807, 2.05) is 19.1 Å². The SMILES string of the molecule is CC(F)(F)F.Cc1ccc(CN)o1. The average Bonchev–Trinajstić information content (AvgIpc) is 2.31. The maximum atomic E-state index is 10.4. The Bertz CT molecular complexity index is 236. The molecule has 1 aromatic heterocycles. The molecule has 0 fully saturated rings. The largest absolute Gasteiger partial charge is 0.465 e. The van der Waals surface area contributed by atoms with E-state index in [0.717, 1.165) is 11.5 Å². The minimum atomic E-state index is -4.00. The first-order chi connectivity index (χ1) is 5.83. The van der Waals surface area contributed by atoms with Gasteiger partial charge in [-0.05, 0) is 19.1 Å². The fraction of sp³-hybridized carbons (Fsp3) is 0.500. The highest BCUT2D eigenvalue weighted by Gasteiger charge is 2.15. The molecule has 5 heteroatoms. The van der Waals surface area contributed by atoms with Gasteiger partial charge in [0.1, 0.15) is 11.5 Å². The third-order valence-electron chi connectivity index (χ3n) is 0.997. The van der Waals surface area contributed by atoms with Gasteiger partial charge in [0.2, 0.25) is 0 Å². The zero-order chi connectivity index (χ0) is 10.5. The minimum Gasteiger partial charge on any atom is -0.465 e. The lowest BCUT2D eigenvalue weighted by molar-refractivity contribution is -0.110. The molecular formula is C8H12F3NO. The van der Waals surface area contributed by atoms with E-state index in [4.69, 9.17) is 10.2 Å². The summed E-state index contributed by atoms with van der Waals surface area (Å²) in [6.45, 7) is 2.58. The topological polar surface area (TPSA) is 39.2 Å². The highest BCUT2D eigenvalue weighted by atomic mass is 19.4. The van der Waals surface area contributed by atoms with Crippen LogP contribution in [0.2, 0.25) is 0 Å². The van der Waals surface area contributed by atoms with Crippen molar-refractivity contribution in [3.05, 3.63) is 23.7 Å². The summed E-state index contributed by atoms with van der Waals surface area (Å²) in [6.07, 6.45) is -4.00. The fourth-order valence-corrected chi connectivity index (χ4v) is 0.595. The molecule has 0 aliphatic heterocycles. The zero-order valence-corrected chi connectivity index (χ0v) is 7.48. The summed E-state index contributed by atoms with van der Waals surface area (Å²) in [6, 6.07) is 3.79. The van der Waals surface area contributed by atoms with E-state index < -0.39 is 6.18 Å². The van der Waals surface area contributed by atoms with Crippen molar-refractivity contribution in [2.75, 3.05) is 0 Å². The highest BCUT2D eigenvalue weighted by molar-refractivity contribution is 5.04. The Balaban J connectivity index is 0.000000252. The number of aryl methyl sites for hydroxylation is 1. The van der Waals surface area contributed by atoms with Crippen LogP contribution in [0.5, 0.6) is 0 Å². The van der Waals surface area contributed by atoms with Crippen LogP contribution in [-0.4, -0.2) is 6.18 Å². The van der Waals surface area contributed by atoms with Gasteiger partial charge >= 0.3 is 6.18 Å². The summed E-state index contributed by atoms with van der Waals surface area (Å²) in [5.41, 5.74) is 5.27. The number of alkyl halides is 3. The number of rotatable bonds is 1. The van der Waals surface area contributed by atoms with E-state index in [1.54, 1.807) is 0 Å². The molecule has 0 bridgehead atoms. The van der Waals surface area contributed by atoms with Crippen LogP contribution >= 0.6 is 0 Å². The Morgan fingerprint density at radius 3 is 2.00 bits per heavy atom. The maximum absolute atomic E-state index is 10.4. The van der Waals surface area contributed by atoms with Crippen molar-refractivity contribution in [1.29, 1.82) is 0 Å². The van der Waals surface area contributed by atoms with Crippen molar-refractivity contribution < 1.29 is 17.6 Å². The molecule has 0 spiro atoms. The Morgan fingerprint density at radius 2 is 1.85 bits per heavy atom. The van der Waals surface area contributed by atoms with E-state index in [2.05, 4.69) is 0 Å². The molecule has 1 aromatic rings. The number of halogens is 3. The van der Waals surface area contributed by atoms with Crippen LogP contribution in [0.25, 0.3) is 0 Å². The predicted molar refractivity (Wildman–Crippen MR) is 43.1 cm³/mol. The molecule has 76 valence electrons. The smallest absolute Gasteiger partial charge is 0.386 e. The molecule has 0 radical (unpaired) electrons. The summed E-state index contributed by atoms with van der Waals surface area (Å²) in [5, 5.41) is 0. The quantitative estimate of drug-likeness (QED) is 0.748. The molecule has 0 aliphatic rings. The van der Waals surface area contributed by atoms with Gasteiger partial charge in [0.05, 0.1) is 6.54 Å². The van der Waals surface area contributed by atoms with Crippen molar-refractivity contribution >= 4 is 0 Å². The van der Waals surface area contributed by atoms with E-state index in [0.29, 0.717) is 6.54 Å². The lowest BCUT2D eigenvalue weighted by Crippen LogP contribution is -1.95. The molecule has 0 aromatic carbocycles. The Labute approximate surface area is 74.5 Å². The monoisotopic (exact) mass is 195 g/mol. The zero-order valence-electron chi connectivity index (χ0n) is 7.48. The van der Waals surface area contributed by atoms with Crippen LogP contribution in [0.1, 0.15) is 18.4 Å². The number of furan rings is 1. The first kappa shape index (κ1) is 12.0. The first-order valence-corrected chi connectivity index (χ1v) is 3.65. The average molecular weight is 195 g/mol. The van der Waals surface area contributed by atoms with Crippen LogP contribution in [0.3, 0.4) is 0 Å². The summed E-state index contributed by atoms with van der Waals surface area (Å²) >= 11 is 0. The number of hydrogen-bond donors (Lipinski definition) is 1.